The van der Waals surface area contributed by atoms with Gasteiger partial charge in [-0.05, 0) is 42.1 Å². The van der Waals surface area contributed by atoms with Crippen molar-refractivity contribution in [2.45, 2.75) is 23.7 Å². The molecule has 1 aliphatic rings. The van der Waals surface area contributed by atoms with Crippen molar-refractivity contribution < 1.29 is 14.3 Å². The second kappa shape index (κ2) is 8.56. The molecular weight excluding hydrogens is 430 g/mol. The van der Waals surface area contributed by atoms with Gasteiger partial charge in [0.05, 0.1) is 15.6 Å². The number of nitrogens with zero attached hydrogens (tertiary/aromatic N) is 2. The number of nitrogens with one attached hydrogen (secondary N) is 1. The number of thiophene rings is 1. The minimum Gasteiger partial charge on any atom is -0.454 e. The zero-order valence-corrected chi connectivity index (χ0v) is 18.3. The molecule has 4 aromatic rings. The third-order valence-corrected chi connectivity index (χ3v) is 6.84. The highest BCUT2D eigenvalue weighted by Gasteiger charge is 2.19. The largest absolute Gasteiger partial charge is 0.454 e. The molecule has 0 saturated heterocycles. The molecule has 0 radical (unpaired) electrons. The predicted octanol–water partition coefficient (Wildman–Crippen LogP) is 4.88. The van der Waals surface area contributed by atoms with Gasteiger partial charge in [-0.3, -0.25) is 4.79 Å². The van der Waals surface area contributed by atoms with Gasteiger partial charge in [0.1, 0.15) is 5.03 Å². The molecule has 1 atom stereocenters. The maximum absolute atomic E-state index is 12.8. The Morgan fingerprint density at radius 2 is 2.00 bits per heavy atom. The molecule has 2 aromatic heterocycles. The number of fused-ring (bicyclic) bond motifs is 2. The van der Waals surface area contributed by atoms with E-state index in [-0.39, 0.29) is 18.0 Å². The van der Waals surface area contributed by atoms with Crippen molar-refractivity contribution in [2.24, 2.45) is 0 Å². The molecule has 1 amide bonds. The fraction of sp³-hybridized carbons (Fsp3) is 0.174. The summed E-state index contributed by atoms with van der Waals surface area (Å²) in [5, 5.41) is 6.45. The number of benzene rings is 2. The minimum absolute atomic E-state index is 0.0527. The molecule has 3 heterocycles. The normalized spacial score (nSPS) is 13.3. The van der Waals surface area contributed by atoms with Crippen LogP contribution in [-0.4, -0.2) is 27.9 Å². The minimum atomic E-state index is -0.316. The Morgan fingerprint density at radius 1 is 1.13 bits per heavy atom. The first-order chi connectivity index (χ1) is 15.2. The van der Waals surface area contributed by atoms with Gasteiger partial charge in [-0.1, -0.05) is 42.1 Å². The lowest BCUT2D eigenvalue weighted by Crippen LogP contribution is -2.30. The van der Waals surface area contributed by atoms with Crippen LogP contribution < -0.4 is 14.8 Å². The highest BCUT2D eigenvalue weighted by Crippen LogP contribution is 2.33. The van der Waals surface area contributed by atoms with Crippen LogP contribution in [0.15, 0.2) is 65.0 Å². The predicted molar refractivity (Wildman–Crippen MR) is 123 cm³/mol. The number of amides is 1. The van der Waals surface area contributed by atoms with E-state index < -0.39 is 0 Å². The van der Waals surface area contributed by atoms with Gasteiger partial charge in [0.2, 0.25) is 12.7 Å². The van der Waals surface area contributed by atoms with E-state index in [0.29, 0.717) is 18.1 Å². The van der Waals surface area contributed by atoms with Crippen molar-refractivity contribution in [2.75, 3.05) is 6.79 Å². The molecular formula is C23H19N3O3S2. The van der Waals surface area contributed by atoms with Crippen molar-refractivity contribution >= 4 is 39.9 Å². The molecule has 6 nitrogen and oxygen atoms in total. The number of rotatable bonds is 6. The molecule has 31 heavy (non-hydrogen) atoms. The maximum Gasteiger partial charge on any atom is 0.233 e. The number of hydrogen-bond acceptors (Lipinski definition) is 7. The smallest absolute Gasteiger partial charge is 0.233 e. The fourth-order valence-corrected chi connectivity index (χ4v) is 4.88. The Bertz CT molecular complexity index is 1240. The first kappa shape index (κ1) is 19.8. The summed E-state index contributed by atoms with van der Waals surface area (Å²) in [6, 6.07) is 17.6. The average Bonchev–Trinajstić information content (AvgIpc) is 3.49. The lowest BCUT2D eigenvalue weighted by atomic mass is 10.2. The van der Waals surface area contributed by atoms with Gasteiger partial charge in [-0.15, -0.1) is 11.3 Å². The van der Waals surface area contributed by atoms with Crippen LogP contribution in [0.5, 0.6) is 11.5 Å². The van der Waals surface area contributed by atoms with Crippen molar-refractivity contribution in [3.63, 3.8) is 0 Å². The van der Waals surface area contributed by atoms with Gasteiger partial charge >= 0.3 is 0 Å². The van der Waals surface area contributed by atoms with E-state index in [2.05, 4.69) is 5.32 Å². The molecule has 0 unspecified atom stereocenters. The Kier molecular flexibility index (Phi) is 5.48. The summed E-state index contributed by atoms with van der Waals surface area (Å²) in [5.74, 6) is 2.08. The molecule has 5 rings (SSSR count). The summed E-state index contributed by atoms with van der Waals surface area (Å²) in [4.78, 5) is 23.3. The van der Waals surface area contributed by atoms with E-state index in [4.69, 9.17) is 19.4 Å². The van der Waals surface area contributed by atoms with Crippen LogP contribution in [0.1, 0.15) is 12.5 Å². The summed E-state index contributed by atoms with van der Waals surface area (Å²) in [7, 11) is 0. The zero-order chi connectivity index (χ0) is 21.2. The van der Waals surface area contributed by atoms with Crippen LogP contribution in [0.2, 0.25) is 0 Å². The maximum atomic E-state index is 12.8. The van der Waals surface area contributed by atoms with E-state index in [9.17, 15) is 4.79 Å². The number of hydrogen-bond donors (Lipinski definition) is 1. The summed E-state index contributed by atoms with van der Waals surface area (Å²) in [5.41, 5.74) is 1.83. The molecule has 0 bridgehead atoms. The quantitative estimate of drug-likeness (QED) is 0.334. The number of carbonyl (C=O) groups excluding carboxylic acids is 1. The first-order valence-corrected chi connectivity index (χ1v) is 11.6. The van der Waals surface area contributed by atoms with Crippen molar-refractivity contribution in [3.8, 4) is 22.2 Å². The third-order valence-electron chi connectivity index (χ3n) is 4.87. The molecule has 0 spiro atoms. The number of carbonyl (C=O) groups is 1. The standard InChI is InChI=1S/C23H19N3O3S2/c1-14(22(27)24-12-15-8-9-18-19(11-15)29-13-28-18)31-23-16-5-2-3-6-17(16)25-21(26-23)20-7-4-10-30-20/h2-11,14H,12-13H2,1H3,(H,24,27)/t14-/m0/s1. The molecule has 2 aromatic carbocycles. The number of thioether (sulfide) groups is 1. The fourth-order valence-electron chi connectivity index (χ4n) is 3.26. The van der Waals surface area contributed by atoms with E-state index >= 15 is 0 Å². The first-order valence-electron chi connectivity index (χ1n) is 9.81. The van der Waals surface area contributed by atoms with Gasteiger partial charge in [0, 0.05) is 11.9 Å². The third kappa shape index (κ3) is 4.22. The SMILES string of the molecule is C[C@H](Sc1nc(-c2cccs2)nc2ccccc12)C(=O)NCc1ccc2c(c1)OCO2. The van der Waals surface area contributed by atoms with Gasteiger partial charge in [-0.25, -0.2) is 9.97 Å². The Hall–Kier alpha value is -3.10. The summed E-state index contributed by atoms with van der Waals surface area (Å²) < 4.78 is 10.7. The topological polar surface area (TPSA) is 73.3 Å². The summed E-state index contributed by atoms with van der Waals surface area (Å²) in [6.45, 7) is 2.55. The van der Waals surface area contributed by atoms with Crippen molar-refractivity contribution in [3.05, 3.63) is 65.5 Å². The van der Waals surface area contributed by atoms with E-state index in [1.807, 2.05) is 66.9 Å². The Labute approximate surface area is 187 Å². The van der Waals surface area contributed by atoms with Crippen LogP contribution in [0, 0.1) is 0 Å². The number of aromatic nitrogens is 2. The molecule has 0 saturated carbocycles. The molecule has 0 fully saturated rings. The van der Waals surface area contributed by atoms with Crippen LogP contribution in [-0.2, 0) is 11.3 Å². The number of para-hydroxylation sites is 1. The molecule has 1 N–H and O–H groups in total. The van der Waals surface area contributed by atoms with Gasteiger partial charge < -0.3 is 14.8 Å². The van der Waals surface area contributed by atoms with Crippen LogP contribution in [0.4, 0.5) is 0 Å². The highest BCUT2D eigenvalue weighted by molar-refractivity contribution is 8.00. The van der Waals surface area contributed by atoms with E-state index in [0.717, 1.165) is 32.1 Å². The number of ether oxygens (including phenoxy) is 2. The Morgan fingerprint density at radius 3 is 2.87 bits per heavy atom. The van der Waals surface area contributed by atoms with Crippen LogP contribution >= 0.6 is 23.1 Å². The second-order valence-electron chi connectivity index (χ2n) is 7.01. The van der Waals surface area contributed by atoms with E-state index in [1.54, 1.807) is 11.3 Å². The summed E-state index contributed by atoms with van der Waals surface area (Å²) >= 11 is 3.04. The summed E-state index contributed by atoms with van der Waals surface area (Å²) in [6.07, 6.45) is 0. The monoisotopic (exact) mass is 449 g/mol. The van der Waals surface area contributed by atoms with Gasteiger partial charge in [0.25, 0.3) is 0 Å². The highest BCUT2D eigenvalue weighted by atomic mass is 32.2. The zero-order valence-electron chi connectivity index (χ0n) is 16.7. The van der Waals surface area contributed by atoms with Gasteiger partial charge in [0.15, 0.2) is 17.3 Å². The van der Waals surface area contributed by atoms with Crippen molar-refractivity contribution in [1.29, 1.82) is 0 Å². The Balaban J connectivity index is 1.32. The molecule has 1 aliphatic heterocycles. The van der Waals surface area contributed by atoms with E-state index in [1.165, 1.54) is 11.8 Å². The average molecular weight is 450 g/mol. The lowest BCUT2D eigenvalue weighted by molar-refractivity contribution is -0.120. The van der Waals surface area contributed by atoms with Crippen molar-refractivity contribution in [1.82, 2.24) is 15.3 Å². The van der Waals surface area contributed by atoms with Gasteiger partial charge in [-0.2, -0.15) is 0 Å². The molecule has 156 valence electrons. The van der Waals surface area contributed by atoms with Crippen LogP contribution in [0.25, 0.3) is 21.6 Å². The molecule has 0 aliphatic carbocycles. The molecule has 8 heteroatoms. The lowest BCUT2D eigenvalue weighted by Gasteiger charge is -2.14. The van der Waals surface area contributed by atoms with Crippen LogP contribution in [0.3, 0.4) is 0 Å². The second-order valence-corrected chi connectivity index (χ2v) is 9.29.